The second-order valence-corrected chi connectivity index (χ2v) is 6.08. The first-order valence-corrected chi connectivity index (χ1v) is 5.27. The predicted molar refractivity (Wildman–Crippen MR) is 68.9 cm³/mol. The lowest BCUT2D eigenvalue weighted by molar-refractivity contribution is 0.498. The van der Waals surface area contributed by atoms with Gasteiger partial charge in [0.05, 0.1) is 0 Å². The van der Waals surface area contributed by atoms with Gasteiger partial charge in [0.15, 0.2) is 0 Å². The van der Waals surface area contributed by atoms with E-state index in [0.717, 1.165) is 5.70 Å². The van der Waals surface area contributed by atoms with Crippen molar-refractivity contribution in [2.24, 2.45) is 10.4 Å². The van der Waals surface area contributed by atoms with E-state index in [1.807, 2.05) is 6.21 Å². The SMILES string of the molecule is BC(C)(C)/C=N\C(C)=C(\C)C(C)(C)C. The molecule has 0 atom stereocenters. The molecule has 0 bridgehead atoms. The third kappa shape index (κ3) is 5.26. The quantitative estimate of drug-likeness (QED) is 0.471. The summed E-state index contributed by atoms with van der Waals surface area (Å²) in [6.45, 7) is 15.2. The Bertz CT molecular complexity index is 248. The zero-order valence-electron chi connectivity index (χ0n) is 11.0. The van der Waals surface area contributed by atoms with Gasteiger partial charge in [-0.2, -0.15) is 0 Å². The molecule has 0 aliphatic heterocycles. The first-order valence-electron chi connectivity index (χ1n) is 5.27. The highest BCUT2D eigenvalue weighted by Crippen LogP contribution is 2.28. The number of allylic oxidation sites excluding steroid dienone is 2. The molecular weight excluding hydrogens is 169 g/mol. The Morgan fingerprint density at radius 2 is 1.50 bits per heavy atom. The second kappa shape index (κ2) is 4.33. The van der Waals surface area contributed by atoms with Gasteiger partial charge < -0.3 is 0 Å². The van der Waals surface area contributed by atoms with Crippen LogP contribution in [0.4, 0.5) is 0 Å². The third-order valence-electron chi connectivity index (χ3n) is 2.31. The van der Waals surface area contributed by atoms with Crippen molar-refractivity contribution in [3.63, 3.8) is 0 Å². The van der Waals surface area contributed by atoms with Gasteiger partial charge in [-0.1, -0.05) is 34.6 Å². The highest BCUT2D eigenvalue weighted by atomic mass is 14.7. The van der Waals surface area contributed by atoms with Gasteiger partial charge in [-0.05, 0) is 30.1 Å². The summed E-state index contributed by atoms with van der Waals surface area (Å²) in [5.41, 5.74) is 2.73. The van der Waals surface area contributed by atoms with Crippen LogP contribution >= 0.6 is 0 Å². The molecule has 0 saturated heterocycles. The monoisotopic (exact) mass is 193 g/mol. The maximum Gasteiger partial charge on any atom is 0.115 e. The molecule has 0 heterocycles. The maximum absolute atomic E-state index is 4.52. The molecule has 0 unspecified atom stereocenters. The summed E-state index contributed by atoms with van der Waals surface area (Å²) in [6, 6.07) is 0. The summed E-state index contributed by atoms with van der Waals surface area (Å²) in [7, 11) is 2.16. The average molecular weight is 193 g/mol. The van der Waals surface area contributed by atoms with E-state index in [2.05, 4.69) is 61.3 Å². The Morgan fingerprint density at radius 1 is 1.07 bits per heavy atom. The van der Waals surface area contributed by atoms with Crippen LogP contribution in [-0.2, 0) is 0 Å². The third-order valence-corrected chi connectivity index (χ3v) is 2.31. The fourth-order valence-electron chi connectivity index (χ4n) is 0.930. The predicted octanol–water partition coefficient (Wildman–Crippen LogP) is 3.23. The van der Waals surface area contributed by atoms with Gasteiger partial charge in [-0.25, -0.2) is 0 Å². The van der Waals surface area contributed by atoms with Crippen molar-refractivity contribution in [2.75, 3.05) is 0 Å². The summed E-state index contributed by atoms with van der Waals surface area (Å²) >= 11 is 0. The zero-order chi connectivity index (χ0) is 11.6. The van der Waals surface area contributed by atoms with Gasteiger partial charge in [0.2, 0.25) is 0 Å². The second-order valence-electron chi connectivity index (χ2n) is 6.08. The Hall–Kier alpha value is -0.525. The van der Waals surface area contributed by atoms with E-state index in [9.17, 15) is 0 Å². The molecule has 0 aromatic heterocycles. The summed E-state index contributed by atoms with van der Waals surface area (Å²) < 4.78 is 0. The molecule has 0 radical (unpaired) electrons. The van der Waals surface area contributed by atoms with Crippen molar-refractivity contribution in [1.82, 2.24) is 0 Å². The Kier molecular flexibility index (Phi) is 4.17. The molecule has 0 spiro atoms. The van der Waals surface area contributed by atoms with Crippen LogP contribution in [0.3, 0.4) is 0 Å². The summed E-state index contributed by atoms with van der Waals surface area (Å²) in [4.78, 5) is 4.52. The molecule has 0 aromatic rings. The van der Waals surface area contributed by atoms with Gasteiger partial charge >= 0.3 is 0 Å². The molecule has 0 aliphatic carbocycles. The summed E-state index contributed by atoms with van der Waals surface area (Å²) in [5, 5.41) is 0.166. The van der Waals surface area contributed by atoms with Crippen LogP contribution in [0.2, 0.25) is 5.31 Å². The van der Waals surface area contributed by atoms with Gasteiger partial charge in [0.1, 0.15) is 7.85 Å². The lowest BCUT2D eigenvalue weighted by atomic mass is 9.74. The molecule has 0 fully saturated rings. The Balaban J connectivity index is 4.80. The van der Waals surface area contributed by atoms with E-state index in [1.54, 1.807) is 0 Å². The summed E-state index contributed by atoms with van der Waals surface area (Å²) in [5.74, 6) is 0. The number of hydrogen-bond donors (Lipinski definition) is 0. The Morgan fingerprint density at radius 3 is 1.79 bits per heavy atom. The maximum atomic E-state index is 4.52. The van der Waals surface area contributed by atoms with Crippen LogP contribution in [0.5, 0.6) is 0 Å². The normalized spacial score (nSPS) is 15.9. The van der Waals surface area contributed by atoms with Gasteiger partial charge in [-0.15, -0.1) is 0 Å². The van der Waals surface area contributed by atoms with E-state index in [4.69, 9.17) is 0 Å². The van der Waals surface area contributed by atoms with Crippen LogP contribution in [-0.4, -0.2) is 14.1 Å². The fourth-order valence-corrected chi connectivity index (χ4v) is 0.930. The molecule has 0 saturated carbocycles. The smallest absolute Gasteiger partial charge is 0.115 e. The molecule has 1 nitrogen and oxygen atoms in total. The molecule has 0 amide bonds. The van der Waals surface area contributed by atoms with Crippen LogP contribution < -0.4 is 0 Å². The molecule has 0 aliphatic rings. The highest BCUT2D eigenvalue weighted by Gasteiger charge is 2.15. The molecule has 0 rings (SSSR count). The van der Waals surface area contributed by atoms with Gasteiger partial charge in [-0.3, -0.25) is 4.99 Å². The van der Waals surface area contributed by atoms with E-state index < -0.39 is 0 Å². The van der Waals surface area contributed by atoms with E-state index in [-0.39, 0.29) is 10.7 Å². The average Bonchev–Trinajstić information content (AvgIpc) is 1.95. The molecule has 80 valence electrons. The number of hydrogen-bond acceptors (Lipinski definition) is 1. The molecular formula is C12H24BN. The standard InChI is InChI=1S/C12H24BN/c1-9(11(3,4)5)10(2)14-8-12(6,7)13/h8H,13H2,1-7H3/b10-9-,14-8-. The van der Waals surface area contributed by atoms with Crippen molar-refractivity contribution in [2.45, 2.75) is 53.8 Å². The van der Waals surface area contributed by atoms with Gasteiger partial charge in [0.25, 0.3) is 0 Å². The first kappa shape index (κ1) is 13.5. The molecule has 0 N–H and O–H groups in total. The minimum Gasteiger partial charge on any atom is -0.266 e. The first-order chi connectivity index (χ1) is 6.04. The highest BCUT2D eigenvalue weighted by molar-refractivity contribution is 6.24. The minimum atomic E-state index is 0.166. The number of nitrogens with zero attached hydrogens (tertiary/aromatic N) is 1. The molecule has 14 heavy (non-hydrogen) atoms. The molecule has 0 aromatic carbocycles. The van der Waals surface area contributed by atoms with Crippen molar-refractivity contribution in [1.29, 1.82) is 0 Å². The Labute approximate surface area is 90.1 Å². The van der Waals surface area contributed by atoms with E-state index in [1.165, 1.54) is 5.57 Å². The minimum absolute atomic E-state index is 0.166. The lowest BCUT2D eigenvalue weighted by Crippen LogP contribution is -2.09. The van der Waals surface area contributed by atoms with Crippen molar-refractivity contribution >= 4 is 14.1 Å². The largest absolute Gasteiger partial charge is 0.266 e. The topological polar surface area (TPSA) is 12.4 Å². The van der Waals surface area contributed by atoms with Gasteiger partial charge in [0, 0.05) is 11.9 Å². The fraction of sp³-hybridized carbons (Fsp3) is 0.750. The number of aliphatic imine (C=N–C) groups is 1. The van der Waals surface area contributed by atoms with E-state index >= 15 is 0 Å². The van der Waals surface area contributed by atoms with Crippen LogP contribution in [0.15, 0.2) is 16.3 Å². The van der Waals surface area contributed by atoms with Crippen molar-refractivity contribution in [3.05, 3.63) is 11.3 Å². The zero-order valence-corrected chi connectivity index (χ0v) is 11.0. The summed E-state index contributed by atoms with van der Waals surface area (Å²) in [6.07, 6.45) is 2.03. The van der Waals surface area contributed by atoms with Crippen LogP contribution in [0.1, 0.15) is 48.5 Å². The van der Waals surface area contributed by atoms with Crippen LogP contribution in [0, 0.1) is 5.41 Å². The molecule has 2 heteroatoms. The van der Waals surface area contributed by atoms with Crippen molar-refractivity contribution < 1.29 is 0 Å². The lowest BCUT2D eigenvalue weighted by Gasteiger charge is -2.21. The van der Waals surface area contributed by atoms with Crippen molar-refractivity contribution in [3.8, 4) is 0 Å². The van der Waals surface area contributed by atoms with Crippen LogP contribution in [0.25, 0.3) is 0 Å². The van der Waals surface area contributed by atoms with E-state index in [0.29, 0.717) is 0 Å². The number of rotatable bonds is 2.